The van der Waals surface area contributed by atoms with Gasteiger partial charge in [0.1, 0.15) is 0 Å². The minimum atomic E-state index is 0.0494. The summed E-state index contributed by atoms with van der Waals surface area (Å²) in [6.07, 6.45) is 4.17. The summed E-state index contributed by atoms with van der Waals surface area (Å²) in [5, 5.41) is 1.08. The molecule has 0 aliphatic carbocycles. The number of amides is 2. The van der Waals surface area contributed by atoms with Crippen molar-refractivity contribution in [1.82, 2.24) is 14.8 Å². The lowest BCUT2D eigenvalue weighted by atomic mass is 9.91. The Bertz CT molecular complexity index is 1220. The number of para-hydroxylation sites is 1. The van der Waals surface area contributed by atoms with Gasteiger partial charge in [-0.1, -0.05) is 55.5 Å². The van der Waals surface area contributed by atoms with Crippen molar-refractivity contribution >= 4 is 22.7 Å². The fourth-order valence-corrected chi connectivity index (χ4v) is 5.81. The lowest BCUT2D eigenvalue weighted by Gasteiger charge is -2.37. The minimum Gasteiger partial charge on any atom is -0.342 e. The number of piperidine rings is 2. The van der Waals surface area contributed by atoms with E-state index in [-0.39, 0.29) is 11.8 Å². The van der Waals surface area contributed by atoms with Gasteiger partial charge in [-0.2, -0.15) is 0 Å². The molecule has 2 aliphatic heterocycles. The summed E-state index contributed by atoms with van der Waals surface area (Å²) in [6.45, 7) is 7.31. The highest BCUT2D eigenvalue weighted by molar-refractivity contribution is 5.98. The molecule has 5 nitrogen and oxygen atoms in total. The standard InChI is InChI=1S/C30H35N3O2/c1-21-9-8-16-33(20-21)30(35)24-14-17-32(18-15-24)28(34)19-26-22(2)31-27-13-7-6-12-25(27)29(26)23-10-4-3-5-11-23/h3-7,10-13,21,24H,8-9,14-20H2,1-2H3. The van der Waals surface area contributed by atoms with Crippen LogP contribution in [0.1, 0.15) is 43.9 Å². The smallest absolute Gasteiger partial charge is 0.227 e. The molecule has 2 aromatic carbocycles. The number of nitrogens with zero attached hydrogens (tertiary/aromatic N) is 3. The number of hydrogen-bond donors (Lipinski definition) is 0. The quantitative estimate of drug-likeness (QED) is 0.524. The van der Waals surface area contributed by atoms with Gasteiger partial charge in [0.25, 0.3) is 0 Å². The second-order valence-corrected chi connectivity index (χ2v) is 10.3. The Balaban J connectivity index is 1.33. The summed E-state index contributed by atoms with van der Waals surface area (Å²) in [5.41, 5.74) is 5.07. The molecule has 0 bridgehead atoms. The molecule has 0 radical (unpaired) electrons. The van der Waals surface area contributed by atoms with Crippen LogP contribution in [0.25, 0.3) is 22.0 Å². The van der Waals surface area contributed by atoms with Gasteiger partial charge >= 0.3 is 0 Å². The predicted octanol–water partition coefficient (Wildman–Crippen LogP) is 5.25. The van der Waals surface area contributed by atoms with Crippen LogP contribution in [0.15, 0.2) is 54.6 Å². The molecule has 1 atom stereocenters. The minimum absolute atomic E-state index is 0.0494. The number of rotatable bonds is 4. The number of carbonyl (C=O) groups excluding carboxylic acids is 2. The first-order chi connectivity index (χ1) is 17.0. The fraction of sp³-hybridized carbons (Fsp3) is 0.433. The average molecular weight is 470 g/mol. The van der Waals surface area contributed by atoms with Gasteiger partial charge in [0, 0.05) is 43.2 Å². The maximum Gasteiger partial charge on any atom is 0.227 e. The normalized spacial score (nSPS) is 19.2. The lowest BCUT2D eigenvalue weighted by Crippen LogP contribution is -2.47. The van der Waals surface area contributed by atoms with Crippen molar-refractivity contribution in [2.75, 3.05) is 26.2 Å². The second kappa shape index (κ2) is 10.2. The number of fused-ring (bicyclic) bond motifs is 1. The molecular formula is C30H35N3O2. The topological polar surface area (TPSA) is 53.5 Å². The van der Waals surface area contributed by atoms with E-state index in [2.05, 4.69) is 30.0 Å². The van der Waals surface area contributed by atoms with Crippen molar-refractivity contribution < 1.29 is 9.59 Å². The molecule has 3 aromatic rings. The van der Waals surface area contributed by atoms with Crippen LogP contribution in [0, 0.1) is 18.8 Å². The Kier molecular flexibility index (Phi) is 6.85. The van der Waals surface area contributed by atoms with E-state index in [4.69, 9.17) is 4.98 Å². The van der Waals surface area contributed by atoms with Crippen LogP contribution in [0.3, 0.4) is 0 Å². The van der Waals surface area contributed by atoms with E-state index in [1.165, 1.54) is 6.42 Å². The van der Waals surface area contributed by atoms with E-state index in [9.17, 15) is 9.59 Å². The van der Waals surface area contributed by atoms with Crippen molar-refractivity contribution in [2.24, 2.45) is 11.8 Å². The number of pyridine rings is 1. The van der Waals surface area contributed by atoms with Crippen molar-refractivity contribution in [2.45, 2.75) is 46.0 Å². The zero-order valence-corrected chi connectivity index (χ0v) is 20.9. The molecule has 182 valence electrons. The molecule has 0 saturated carbocycles. The lowest BCUT2D eigenvalue weighted by molar-refractivity contribution is -0.141. The van der Waals surface area contributed by atoms with Crippen molar-refractivity contribution in [3.63, 3.8) is 0 Å². The third kappa shape index (κ3) is 4.95. The maximum absolute atomic E-state index is 13.5. The van der Waals surface area contributed by atoms with Crippen LogP contribution in [-0.4, -0.2) is 52.8 Å². The Labute approximate surface area is 208 Å². The number of aromatic nitrogens is 1. The molecule has 1 unspecified atom stereocenters. The molecule has 5 heteroatoms. The molecule has 1 aromatic heterocycles. The van der Waals surface area contributed by atoms with Crippen LogP contribution in [0.2, 0.25) is 0 Å². The fourth-order valence-electron chi connectivity index (χ4n) is 5.81. The second-order valence-electron chi connectivity index (χ2n) is 10.3. The Hall–Kier alpha value is -3.21. The summed E-state index contributed by atoms with van der Waals surface area (Å²) >= 11 is 0. The third-order valence-corrected chi connectivity index (χ3v) is 7.76. The molecule has 2 amide bonds. The average Bonchev–Trinajstić information content (AvgIpc) is 2.89. The number of carbonyl (C=O) groups is 2. The predicted molar refractivity (Wildman–Crippen MR) is 140 cm³/mol. The van der Waals surface area contributed by atoms with E-state index < -0.39 is 0 Å². The van der Waals surface area contributed by atoms with Gasteiger partial charge in [-0.05, 0) is 61.3 Å². The number of benzene rings is 2. The number of likely N-dealkylation sites (tertiary alicyclic amines) is 2. The summed E-state index contributed by atoms with van der Waals surface area (Å²) in [6, 6.07) is 18.5. The molecule has 3 heterocycles. The summed E-state index contributed by atoms with van der Waals surface area (Å²) in [4.78, 5) is 35.4. The number of aryl methyl sites for hydroxylation is 1. The van der Waals surface area contributed by atoms with E-state index in [0.29, 0.717) is 31.3 Å². The van der Waals surface area contributed by atoms with Crippen LogP contribution in [0.4, 0.5) is 0 Å². The van der Waals surface area contributed by atoms with Gasteiger partial charge in [-0.15, -0.1) is 0 Å². The first-order valence-corrected chi connectivity index (χ1v) is 13.0. The molecule has 0 spiro atoms. The van der Waals surface area contributed by atoms with Crippen LogP contribution in [0.5, 0.6) is 0 Å². The Morgan fingerprint density at radius 2 is 1.63 bits per heavy atom. The van der Waals surface area contributed by atoms with Crippen molar-refractivity contribution in [3.8, 4) is 11.1 Å². The van der Waals surface area contributed by atoms with Crippen molar-refractivity contribution in [3.05, 3.63) is 65.9 Å². The van der Waals surface area contributed by atoms with E-state index >= 15 is 0 Å². The number of hydrogen-bond acceptors (Lipinski definition) is 3. The van der Waals surface area contributed by atoms with Gasteiger partial charge < -0.3 is 9.80 Å². The van der Waals surface area contributed by atoms with Gasteiger partial charge in [-0.3, -0.25) is 14.6 Å². The SMILES string of the molecule is Cc1nc2ccccc2c(-c2ccccc2)c1CC(=O)N1CCC(C(=O)N2CCCC(C)C2)CC1. The van der Waals surface area contributed by atoms with Gasteiger partial charge in [0.2, 0.25) is 11.8 Å². The van der Waals surface area contributed by atoms with Gasteiger partial charge in [0.05, 0.1) is 11.9 Å². The third-order valence-electron chi connectivity index (χ3n) is 7.76. The van der Waals surface area contributed by atoms with Crippen LogP contribution in [-0.2, 0) is 16.0 Å². The zero-order valence-electron chi connectivity index (χ0n) is 20.9. The molecule has 0 N–H and O–H groups in total. The first kappa shape index (κ1) is 23.5. The van der Waals surface area contributed by atoms with E-state index in [1.54, 1.807) is 0 Å². The van der Waals surface area contributed by atoms with Crippen LogP contribution >= 0.6 is 0 Å². The molecule has 2 saturated heterocycles. The Morgan fingerprint density at radius 1 is 0.914 bits per heavy atom. The summed E-state index contributed by atoms with van der Waals surface area (Å²) < 4.78 is 0. The Morgan fingerprint density at radius 3 is 2.37 bits per heavy atom. The molecule has 35 heavy (non-hydrogen) atoms. The maximum atomic E-state index is 13.5. The van der Waals surface area contributed by atoms with E-state index in [0.717, 1.165) is 65.6 Å². The van der Waals surface area contributed by atoms with E-state index in [1.807, 2.05) is 48.2 Å². The first-order valence-electron chi connectivity index (χ1n) is 13.0. The highest BCUT2D eigenvalue weighted by Gasteiger charge is 2.32. The van der Waals surface area contributed by atoms with Crippen molar-refractivity contribution in [1.29, 1.82) is 0 Å². The summed E-state index contributed by atoms with van der Waals surface area (Å²) in [7, 11) is 0. The molecule has 2 aliphatic rings. The molecule has 2 fully saturated rings. The largest absolute Gasteiger partial charge is 0.342 e. The highest BCUT2D eigenvalue weighted by Crippen LogP contribution is 2.34. The van der Waals surface area contributed by atoms with Gasteiger partial charge in [0.15, 0.2) is 0 Å². The highest BCUT2D eigenvalue weighted by atomic mass is 16.2. The monoisotopic (exact) mass is 469 g/mol. The van der Waals surface area contributed by atoms with Crippen LogP contribution < -0.4 is 0 Å². The molecule has 5 rings (SSSR count). The van der Waals surface area contributed by atoms with Gasteiger partial charge in [-0.25, -0.2) is 0 Å². The zero-order chi connectivity index (χ0) is 24.4. The summed E-state index contributed by atoms with van der Waals surface area (Å²) in [5.74, 6) is 1.06. The molecular weight excluding hydrogens is 434 g/mol.